The third-order valence-electron chi connectivity index (χ3n) is 2.56. The molecule has 2 heterocycles. The van der Waals surface area contributed by atoms with Gasteiger partial charge in [0, 0.05) is 12.3 Å². The fourth-order valence-corrected chi connectivity index (χ4v) is 2.72. The fourth-order valence-electron chi connectivity index (χ4n) is 1.77. The van der Waals surface area contributed by atoms with E-state index in [0.29, 0.717) is 5.70 Å². The second kappa shape index (κ2) is 3.79. The molecule has 80 valence electrons. The summed E-state index contributed by atoms with van der Waals surface area (Å²) in [6.07, 6.45) is 1.84. The van der Waals surface area contributed by atoms with Gasteiger partial charge in [0.05, 0.1) is 0 Å². The van der Waals surface area contributed by atoms with Gasteiger partial charge in [0.15, 0.2) is 5.17 Å². The van der Waals surface area contributed by atoms with Crippen LogP contribution in [0.1, 0.15) is 5.56 Å². The molecule has 0 aliphatic carbocycles. The summed E-state index contributed by atoms with van der Waals surface area (Å²) in [5, 5.41) is 0.854. The zero-order chi connectivity index (χ0) is 11.0. The number of hydrogen-bond donors (Lipinski definition) is 0. The van der Waals surface area contributed by atoms with Crippen LogP contribution in [0.3, 0.4) is 0 Å². The monoisotopic (exact) mass is 230 g/mol. The molecule has 4 heteroatoms. The highest BCUT2D eigenvalue weighted by Crippen LogP contribution is 2.28. The van der Waals surface area contributed by atoms with E-state index < -0.39 is 0 Å². The number of amides is 1. The SMILES string of the molecule is O=C1/C(=C/c2ccccc2)N=C2SCCN12. The van der Waals surface area contributed by atoms with Gasteiger partial charge in [-0.05, 0) is 11.6 Å². The number of hydrogen-bond acceptors (Lipinski definition) is 3. The maximum atomic E-state index is 11.9. The lowest BCUT2D eigenvalue weighted by Crippen LogP contribution is -2.26. The zero-order valence-electron chi connectivity index (χ0n) is 8.59. The highest BCUT2D eigenvalue weighted by Gasteiger charge is 2.33. The molecule has 0 bridgehead atoms. The first-order valence-electron chi connectivity index (χ1n) is 5.15. The Hall–Kier alpha value is -1.55. The van der Waals surface area contributed by atoms with E-state index >= 15 is 0 Å². The Bertz CT molecular complexity index is 493. The molecule has 2 aliphatic rings. The van der Waals surface area contributed by atoms with Gasteiger partial charge in [0.1, 0.15) is 5.70 Å². The quantitative estimate of drug-likeness (QED) is 0.691. The number of benzene rings is 1. The average Bonchev–Trinajstić information content (AvgIpc) is 2.86. The van der Waals surface area contributed by atoms with Crippen LogP contribution in [0.25, 0.3) is 6.08 Å². The van der Waals surface area contributed by atoms with Gasteiger partial charge in [-0.15, -0.1) is 0 Å². The van der Waals surface area contributed by atoms with E-state index in [1.165, 1.54) is 0 Å². The van der Waals surface area contributed by atoms with Gasteiger partial charge in [-0.1, -0.05) is 42.1 Å². The van der Waals surface area contributed by atoms with Crippen molar-refractivity contribution < 1.29 is 4.79 Å². The third-order valence-corrected chi connectivity index (χ3v) is 3.52. The second-order valence-electron chi connectivity index (χ2n) is 3.64. The first-order valence-corrected chi connectivity index (χ1v) is 6.13. The summed E-state index contributed by atoms with van der Waals surface area (Å²) >= 11 is 1.65. The third kappa shape index (κ3) is 1.55. The highest BCUT2D eigenvalue weighted by molar-refractivity contribution is 8.14. The molecular weight excluding hydrogens is 220 g/mol. The van der Waals surface area contributed by atoms with Crippen molar-refractivity contribution in [2.45, 2.75) is 0 Å². The molecule has 0 saturated carbocycles. The molecule has 1 saturated heterocycles. The minimum absolute atomic E-state index is 0.0313. The number of amidine groups is 1. The molecule has 2 aliphatic heterocycles. The second-order valence-corrected chi connectivity index (χ2v) is 4.70. The molecule has 1 aromatic carbocycles. The average molecular weight is 230 g/mol. The largest absolute Gasteiger partial charge is 0.285 e. The summed E-state index contributed by atoms with van der Waals surface area (Å²) in [5.74, 6) is 0.993. The van der Waals surface area contributed by atoms with Gasteiger partial charge in [-0.25, -0.2) is 4.99 Å². The van der Waals surface area contributed by atoms with Crippen LogP contribution in [0, 0.1) is 0 Å². The number of nitrogens with zero attached hydrogens (tertiary/aromatic N) is 2. The smallest absolute Gasteiger partial charge is 0.278 e. The summed E-state index contributed by atoms with van der Waals surface area (Å²) in [6.45, 7) is 0.786. The van der Waals surface area contributed by atoms with Crippen LogP contribution in [-0.2, 0) is 4.79 Å². The molecule has 16 heavy (non-hydrogen) atoms. The van der Waals surface area contributed by atoms with Crippen LogP contribution < -0.4 is 0 Å². The number of rotatable bonds is 1. The summed E-state index contributed by atoms with van der Waals surface area (Å²) in [4.78, 5) is 18.0. The molecular formula is C12H10N2OS. The molecule has 0 radical (unpaired) electrons. The van der Waals surface area contributed by atoms with E-state index in [-0.39, 0.29) is 5.91 Å². The predicted octanol–water partition coefficient (Wildman–Crippen LogP) is 1.97. The maximum absolute atomic E-state index is 11.9. The molecule has 0 atom stereocenters. The van der Waals surface area contributed by atoms with Crippen molar-refractivity contribution in [3.05, 3.63) is 41.6 Å². The van der Waals surface area contributed by atoms with Crippen molar-refractivity contribution in [3.8, 4) is 0 Å². The van der Waals surface area contributed by atoms with E-state index in [4.69, 9.17) is 0 Å². The van der Waals surface area contributed by atoms with Gasteiger partial charge in [0.2, 0.25) is 0 Å². The van der Waals surface area contributed by atoms with Crippen molar-refractivity contribution in [2.24, 2.45) is 4.99 Å². The topological polar surface area (TPSA) is 32.7 Å². The number of carbonyl (C=O) groups excluding carboxylic acids is 1. The van der Waals surface area contributed by atoms with E-state index in [2.05, 4.69) is 4.99 Å². The lowest BCUT2D eigenvalue weighted by atomic mass is 10.2. The predicted molar refractivity (Wildman–Crippen MR) is 66.0 cm³/mol. The van der Waals surface area contributed by atoms with Gasteiger partial charge < -0.3 is 0 Å². The van der Waals surface area contributed by atoms with Gasteiger partial charge >= 0.3 is 0 Å². The normalized spacial score (nSPS) is 21.5. The van der Waals surface area contributed by atoms with Crippen molar-refractivity contribution in [2.75, 3.05) is 12.3 Å². The molecule has 1 amide bonds. The van der Waals surface area contributed by atoms with Crippen LogP contribution in [0.2, 0.25) is 0 Å². The van der Waals surface area contributed by atoms with Crippen LogP contribution in [-0.4, -0.2) is 28.3 Å². The molecule has 0 unspecified atom stereocenters. The highest BCUT2D eigenvalue weighted by atomic mass is 32.2. The van der Waals surface area contributed by atoms with E-state index in [1.807, 2.05) is 36.4 Å². The lowest BCUT2D eigenvalue weighted by molar-refractivity contribution is -0.122. The van der Waals surface area contributed by atoms with Crippen LogP contribution in [0.5, 0.6) is 0 Å². The van der Waals surface area contributed by atoms with Gasteiger partial charge in [-0.3, -0.25) is 9.69 Å². The Morgan fingerprint density at radius 3 is 2.88 bits per heavy atom. The molecule has 1 aromatic rings. The Labute approximate surface area is 97.9 Å². The molecule has 0 N–H and O–H groups in total. The zero-order valence-corrected chi connectivity index (χ0v) is 9.41. The molecule has 0 aromatic heterocycles. The molecule has 1 fully saturated rings. The Balaban J connectivity index is 1.95. The number of carbonyl (C=O) groups is 1. The Kier molecular flexibility index (Phi) is 2.29. The number of thioether (sulfide) groups is 1. The van der Waals surface area contributed by atoms with Crippen molar-refractivity contribution >= 4 is 28.9 Å². The maximum Gasteiger partial charge on any atom is 0.278 e. The summed E-state index contributed by atoms with van der Waals surface area (Å²) in [5.41, 5.74) is 1.56. The fraction of sp³-hybridized carbons (Fsp3) is 0.167. The number of aliphatic imine (C=N–C) groups is 1. The van der Waals surface area contributed by atoms with Crippen LogP contribution >= 0.6 is 11.8 Å². The molecule has 3 rings (SSSR count). The number of fused-ring (bicyclic) bond motifs is 1. The summed E-state index contributed by atoms with van der Waals surface area (Å²) in [7, 11) is 0. The van der Waals surface area contributed by atoms with Crippen LogP contribution in [0.4, 0.5) is 0 Å². The van der Waals surface area contributed by atoms with Gasteiger partial charge in [-0.2, -0.15) is 0 Å². The first-order chi connectivity index (χ1) is 7.84. The Morgan fingerprint density at radius 1 is 1.31 bits per heavy atom. The van der Waals surface area contributed by atoms with Crippen LogP contribution in [0.15, 0.2) is 41.0 Å². The molecule has 3 nitrogen and oxygen atoms in total. The van der Waals surface area contributed by atoms with E-state index in [0.717, 1.165) is 23.0 Å². The summed E-state index contributed by atoms with van der Waals surface area (Å²) < 4.78 is 0. The van der Waals surface area contributed by atoms with Crippen molar-refractivity contribution in [1.29, 1.82) is 0 Å². The van der Waals surface area contributed by atoms with E-state index in [9.17, 15) is 4.79 Å². The van der Waals surface area contributed by atoms with Gasteiger partial charge in [0.25, 0.3) is 5.91 Å². The minimum Gasteiger partial charge on any atom is -0.285 e. The first kappa shape index (κ1) is 9.66. The van der Waals surface area contributed by atoms with Crippen molar-refractivity contribution in [3.63, 3.8) is 0 Å². The van der Waals surface area contributed by atoms with E-state index in [1.54, 1.807) is 16.7 Å². The summed E-state index contributed by atoms with van der Waals surface area (Å²) in [6, 6.07) is 9.80. The molecule has 0 spiro atoms. The van der Waals surface area contributed by atoms with Crippen molar-refractivity contribution in [1.82, 2.24) is 4.90 Å². The lowest BCUT2D eigenvalue weighted by Gasteiger charge is -2.05. The standard InChI is InChI=1S/C12H10N2OS/c15-11-10(8-9-4-2-1-3-5-9)13-12-14(11)6-7-16-12/h1-5,8H,6-7H2/b10-8-. The Morgan fingerprint density at radius 2 is 2.12 bits per heavy atom. The minimum atomic E-state index is 0.0313.